The van der Waals surface area contributed by atoms with Crippen molar-refractivity contribution in [2.75, 3.05) is 6.61 Å². The van der Waals surface area contributed by atoms with Crippen molar-refractivity contribution in [1.82, 2.24) is 5.32 Å². The number of rotatable bonds is 5. The van der Waals surface area contributed by atoms with Gasteiger partial charge >= 0.3 is 5.97 Å². The van der Waals surface area contributed by atoms with Gasteiger partial charge in [0, 0.05) is 0 Å². The van der Waals surface area contributed by atoms with E-state index in [0.717, 1.165) is 35.6 Å². The number of amides is 1. The summed E-state index contributed by atoms with van der Waals surface area (Å²) in [5.74, 6) is -0.650. The molecule has 1 N–H and O–H groups in total. The third kappa shape index (κ3) is 4.06. The van der Waals surface area contributed by atoms with Crippen LogP contribution in [0.5, 0.6) is 0 Å². The molecule has 0 spiro atoms. The second-order valence-electron chi connectivity index (χ2n) is 7.19. The van der Waals surface area contributed by atoms with E-state index in [0.29, 0.717) is 0 Å². The van der Waals surface area contributed by atoms with Gasteiger partial charge in [0.25, 0.3) is 5.91 Å². The fraction of sp³-hybridized carbons (Fsp3) is 0.250. The van der Waals surface area contributed by atoms with Crippen LogP contribution in [0.15, 0.2) is 66.7 Å². The predicted octanol–water partition coefficient (Wildman–Crippen LogP) is 4.12. The summed E-state index contributed by atoms with van der Waals surface area (Å²) in [6.07, 6.45) is 3.15. The van der Waals surface area contributed by atoms with Gasteiger partial charge in [0.05, 0.1) is 12.5 Å². The highest BCUT2D eigenvalue weighted by Crippen LogP contribution is 2.29. The summed E-state index contributed by atoms with van der Waals surface area (Å²) in [6.45, 7) is -0.248. The van der Waals surface area contributed by atoms with Gasteiger partial charge in [-0.25, -0.2) is 0 Å². The number of carbonyl (C=O) groups is 2. The van der Waals surface area contributed by atoms with E-state index in [1.165, 1.54) is 11.1 Å². The lowest BCUT2D eigenvalue weighted by Gasteiger charge is -2.26. The molecule has 142 valence electrons. The first-order chi connectivity index (χ1) is 13.7. The van der Waals surface area contributed by atoms with E-state index in [-0.39, 0.29) is 25.0 Å². The Labute approximate surface area is 164 Å². The average Bonchev–Trinajstić information content (AvgIpc) is 2.73. The molecule has 1 atom stereocenters. The molecule has 0 radical (unpaired) electrons. The van der Waals surface area contributed by atoms with Crippen LogP contribution in [-0.2, 0) is 27.2 Å². The normalized spacial score (nSPS) is 15.6. The van der Waals surface area contributed by atoms with Gasteiger partial charge in [-0.05, 0) is 46.7 Å². The summed E-state index contributed by atoms with van der Waals surface area (Å²) >= 11 is 0. The average molecular weight is 373 g/mol. The van der Waals surface area contributed by atoms with E-state index < -0.39 is 5.97 Å². The molecule has 4 nitrogen and oxygen atoms in total. The van der Waals surface area contributed by atoms with Crippen molar-refractivity contribution < 1.29 is 14.3 Å². The van der Waals surface area contributed by atoms with E-state index in [4.69, 9.17) is 4.74 Å². The van der Waals surface area contributed by atoms with Crippen LogP contribution in [0, 0.1) is 0 Å². The molecule has 0 heterocycles. The van der Waals surface area contributed by atoms with Gasteiger partial charge in [-0.15, -0.1) is 0 Å². The van der Waals surface area contributed by atoms with Crippen molar-refractivity contribution in [3.05, 3.63) is 83.4 Å². The minimum Gasteiger partial charge on any atom is -0.455 e. The Morgan fingerprint density at radius 3 is 2.68 bits per heavy atom. The third-order valence-electron chi connectivity index (χ3n) is 5.28. The lowest BCUT2D eigenvalue weighted by Crippen LogP contribution is -2.34. The van der Waals surface area contributed by atoms with Crippen LogP contribution in [0.1, 0.15) is 35.6 Å². The van der Waals surface area contributed by atoms with Gasteiger partial charge in [0.2, 0.25) is 0 Å². The van der Waals surface area contributed by atoms with Gasteiger partial charge in [0.1, 0.15) is 0 Å². The zero-order valence-electron chi connectivity index (χ0n) is 15.7. The van der Waals surface area contributed by atoms with Crippen LogP contribution in [0.2, 0.25) is 0 Å². The Balaban J connectivity index is 1.33. The van der Waals surface area contributed by atoms with Crippen LogP contribution in [0.4, 0.5) is 0 Å². The number of ether oxygens (including phenoxy) is 1. The predicted molar refractivity (Wildman–Crippen MR) is 109 cm³/mol. The minimum atomic E-state index is -0.393. The SMILES string of the molecule is O=C(COC(=O)Cc1cccc2ccccc12)NC1CCCc2ccccc21. The summed E-state index contributed by atoms with van der Waals surface area (Å²) in [5.41, 5.74) is 3.36. The first-order valence-electron chi connectivity index (χ1n) is 9.70. The van der Waals surface area contributed by atoms with Gasteiger partial charge in [-0.3, -0.25) is 9.59 Å². The number of benzene rings is 3. The quantitative estimate of drug-likeness (QED) is 0.685. The molecule has 0 saturated carbocycles. The molecule has 0 saturated heterocycles. The first-order valence-corrected chi connectivity index (χ1v) is 9.70. The number of hydrogen-bond donors (Lipinski definition) is 1. The molecule has 4 heteroatoms. The van der Waals surface area contributed by atoms with Crippen LogP contribution < -0.4 is 5.32 Å². The van der Waals surface area contributed by atoms with Crippen molar-refractivity contribution in [2.24, 2.45) is 0 Å². The second kappa shape index (κ2) is 8.26. The van der Waals surface area contributed by atoms with Gasteiger partial charge in [0.15, 0.2) is 6.61 Å². The molecular weight excluding hydrogens is 350 g/mol. The summed E-state index contributed by atoms with van der Waals surface area (Å²) in [5, 5.41) is 5.13. The molecule has 1 aliphatic rings. The van der Waals surface area contributed by atoms with Crippen LogP contribution in [-0.4, -0.2) is 18.5 Å². The highest BCUT2D eigenvalue weighted by Gasteiger charge is 2.21. The molecule has 0 fully saturated rings. The first kappa shape index (κ1) is 18.2. The van der Waals surface area contributed by atoms with Gasteiger partial charge in [-0.2, -0.15) is 0 Å². The lowest BCUT2D eigenvalue weighted by molar-refractivity contribution is -0.148. The number of fused-ring (bicyclic) bond motifs is 2. The molecule has 4 rings (SSSR count). The Morgan fingerprint density at radius 2 is 1.75 bits per heavy atom. The molecule has 0 aromatic heterocycles. The molecule has 3 aromatic rings. The Kier molecular flexibility index (Phi) is 5.38. The Bertz CT molecular complexity index is 1010. The third-order valence-corrected chi connectivity index (χ3v) is 5.28. The molecule has 1 amide bonds. The molecule has 1 unspecified atom stereocenters. The fourth-order valence-corrected chi connectivity index (χ4v) is 3.94. The zero-order chi connectivity index (χ0) is 19.3. The van der Waals surface area contributed by atoms with Crippen LogP contribution in [0.3, 0.4) is 0 Å². The number of nitrogens with one attached hydrogen (secondary N) is 1. The monoisotopic (exact) mass is 373 g/mol. The Morgan fingerprint density at radius 1 is 0.964 bits per heavy atom. The van der Waals surface area contributed by atoms with E-state index in [2.05, 4.69) is 17.4 Å². The number of aryl methyl sites for hydroxylation is 1. The molecule has 0 bridgehead atoms. The maximum atomic E-state index is 12.3. The molecule has 3 aromatic carbocycles. The summed E-state index contributed by atoms with van der Waals surface area (Å²) in [4.78, 5) is 24.6. The van der Waals surface area contributed by atoms with Crippen LogP contribution >= 0.6 is 0 Å². The van der Waals surface area contributed by atoms with Crippen molar-refractivity contribution in [1.29, 1.82) is 0 Å². The molecule has 28 heavy (non-hydrogen) atoms. The van der Waals surface area contributed by atoms with Gasteiger partial charge < -0.3 is 10.1 Å². The topological polar surface area (TPSA) is 55.4 Å². The number of esters is 1. The molecule has 1 aliphatic carbocycles. The van der Waals surface area contributed by atoms with Crippen molar-refractivity contribution in [3.63, 3.8) is 0 Å². The van der Waals surface area contributed by atoms with Crippen molar-refractivity contribution in [3.8, 4) is 0 Å². The van der Waals surface area contributed by atoms with E-state index in [1.54, 1.807) is 0 Å². The summed E-state index contributed by atoms with van der Waals surface area (Å²) < 4.78 is 5.24. The molecular formula is C24H23NO3. The summed E-state index contributed by atoms with van der Waals surface area (Å²) in [7, 11) is 0. The lowest BCUT2D eigenvalue weighted by atomic mass is 9.88. The largest absolute Gasteiger partial charge is 0.455 e. The summed E-state index contributed by atoms with van der Waals surface area (Å²) in [6, 6.07) is 22.0. The standard InChI is InChI=1S/C24H23NO3/c26-23(25-22-14-6-10-18-8-2-4-13-21(18)22)16-28-24(27)15-19-11-5-9-17-7-1-3-12-20(17)19/h1-5,7-9,11-13,22H,6,10,14-16H2,(H,25,26). The van der Waals surface area contributed by atoms with E-state index >= 15 is 0 Å². The van der Waals surface area contributed by atoms with E-state index in [9.17, 15) is 9.59 Å². The molecule has 0 aliphatic heterocycles. The van der Waals surface area contributed by atoms with Gasteiger partial charge in [-0.1, -0.05) is 66.7 Å². The van der Waals surface area contributed by atoms with Crippen molar-refractivity contribution in [2.45, 2.75) is 31.7 Å². The maximum Gasteiger partial charge on any atom is 0.310 e. The highest BCUT2D eigenvalue weighted by atomic mass is 16.5. The van der Waals surface area contributed by atoms with Crippen molar-refractivity contribution >= 4 is 22.6 Å². The number of hydrogen-bond acceptors (Lipinski definition) is 3. The fourth-order valence-electron chi connectivity index (χ4n) is 3.94. The van der Waals surface area contributed by atoms with E-state index in [1.807, 2.05) is 54.6 Å². The minimum absolute atomic E-state index is 0.00535. The maximum absolute atomic E-state index is 12.3. The zero-order valence-corrected chi connectivity index (χ0v) is 15.7. The number of carbonyl (C=O) groups excluding carboxylic acids is 2. The smallest absolute Gasteiger partial charge is 0.310 e. The Hall–Kier alpha value is -3.14. The highest BCUT2D eigenvalue weighted by molar-refractivity contribution is 5.89. The second-order valence-corrected chi connectivity index (χ2v) is 7.19. The van der Waals surface area contributed by atoms with Crippen LogP contribution in [0.25, 0.3) is 10.8 Å².